The van der Waals surface area contributed by atoms with Gasteiger partial charge in [-0.25, -0.2) is 4.79 Å². The summed E-state index contributed by atoms with van der Waals surface area (Å²) in [7, 11) is 0. The summed E-state index contributed by atoms with van der Waals surface area (Å²) in [6.45, 7) is 4.12. The maximum Gasteiger partial charge on any atom is 0.337 e. The first-order chi connectivity index (χ1) is 8.61. The van der Waals surface area contributed by atoms with Crippen molar-refractivity contribution in [1.29, 1.82) is 0 Å². The Bertz CT molecular complexity index is 450. The van der Waals surface area contributed by atoms with Gasteiger partial charge in [0.05, 0.1) is 24.0 Å². The number of halogens is 1. The van der Waals surface area contributed by atoms with Gasteiger partial charge in [-0.3, -0.25) is 0 Å². The second-order valence-corrected chi connectivity index (χ2v) is 4.75. The van der Waals surface area contributed by atoms with Crippen LogP contribution in [0.2, 0.25) is 5.02 Å². The molecule has 1 aromatic rings. The molecule has 1 saturated heterocycles. The molecule has 1 aliphatic rings. The average Bonchev–Trinajstić information content (AvgIpc) is 2.38. The fourth-order valence-corrected chi connectivity index (χ4v) is 2.31. The molecule has 0 bridgehead atoms. The van der Waals surface area contributed by atoms with E-state index >= 15 is 0 Å². The van der Waals surface area contributed by atoms with Crippen LogP contribution in [0.5, 0.6) is 0 Å². The molecule has 1 heterocycles. The van der Waals surface area contributed by atoms with Gasteiger partial charge in [-0.15, -0.1) is 0 Å². The van der Waals surface area contributed by atoms with E-state index in [0.29, 0.717) is 23.9 Å². The maximum absolute atomic E-state index is 11.3. The molecule has 1 aliphatic heterocycles. The quantitative estimate of drug-likeness (QED) is 0.917. The molecule has 18 heavy (non-hydrogen) atoms. The molecule has 1 unspecified atom stereocenters. The van der Waals surface area contributed by atoms with Gasteiger partial charge in [0, 0.05) is 18.1 Å². The summed E-state index contributed by atoms with van der Waals surface area (Å²) in [5, 5.41) is 9.67. The third-order valence-corrected chi connectivity index (χ3v) is 3.36. The van der Waals surface area contributed by atoms with Gasteiger partial charge in [0.25, 0.3) is 0 Å². The van der Waals surface area contributed by atoms with Crippen LogP contribution >= 0.6 is 11.6 Å². The molecule has 0 amide bonds. The van der Waals surface area contributed by atoms with Crippen molar-refractivity contribution >= 4 is 23.3 Å². The molecule has 4 nitrogen and oxygen atoms in total. The average molecular weight is 270 g/mol. The number of morpholine rings is 1. The fourth-order valence-electron chi connectivity index (χ4n) is 2.14. The normalized spacial score (nSPS) is 19.9. The van der Waals surface area contributed by atoms with Crippen molar-refractivity contribution in [1.82, 2.24) is 0 Å². The van der Waals surface area contributed by atoms with Crippen LogP contribution in [-0.2, 0) is 4.74 Å². The summed E-state index contributed by atoms with van der Waals surface area (Å²) in [6, 6.07) is 4.99. The Morgan fingerprint density at radius 2 is 2.39 bits per heavy atom. The molecule has 1 aromatic carbocycles. The van der Waals surface area contributed by atoms with Crippen LogP contribution in [0.4, 0.5) is 5.69 Å². The highest BCUT2D eigenvalue weighted by atomic mass is 35.5. The van der Waals surface area contributed by atoms with Gasteiger partial charge < -0.3 is 14.7 Å². The van der Waals surface area contributed by atoms with Crippen LogP contribution in [0.1, 0.15) is 23.7 Å². The Labute approximate surface area is 111 Å². The van der Waals surface area contributed by atoms with E-state index in [1.165, 1.54) is 6.07 Å². The number of carboxylic acid groups (broad SMARTS) is 1. The summed E-state index contributed by atoms with van der Waals surface area (Å²) in [5.41, 5.74) is 0.966. The largest absolute Gasteiger partial charge is 0.478 e. The molecule has 1 N–H and O–H groups in total. The lowest BCUT2D eigenvalue weighted by Gasteiger charge is -2.34. The molecule has 0 aromatic heterocycles. The van der Waals surface area contributed by atoms with Gasteiger partial charge in [-0.05, 0) is 24.6 Å². The molecule has 0 saturated carbocycles. The zero-order valence-corrected chi connectivity index (χ0v) is 11.0. The number of hydrogen-bond donors (Lipinski definition) is 1. The van der Waals surface area contributed by atoms with E-state index in [1.54, 1.807) is 12.1 Å². The molecule has 1 fully saturated rings. The summed E-state index contributed by atoms with van der Waals surface area (Å²) < 4.78 is 5.59. The number of aromatic carboxylic acids is 1. The van der Waals surface area contributed by atoms with Crippen LogP contribution in [0, 0.1) is 0 Å². The first kappa shape index (κ1) is 13.2. The number of benzene rings is 1. The second kappa shape index (κ2) is 5.59. The molecular weight excluding hydrogens is 254 g/mol. The molecule has 5 heteroatoms. The first-order valence-corrected chi connectivity index (χ1v) is 6.39. The number of rotatable bonds is 3. The lowest BCUT2D eigenvalue weighted by Crippen LogP contribution is -2.42. The number of ether oxygens (including phenoxy) is 1. The van der Waals surface area contributed by atoms with E-state index in [4.69, 9.17) is 16.3 Å². The Kier molecular flexibility index (Phi) is 4.09. The van der Waals surface area contributed by atoms with Crippen molar-refractivity contribution in [2.24, 2.45) is 0 Å². The summed E-state index contributed by atoms with van der Waals surface area (Å²) >= 11 is 5.85. The summed E-state index contributed by atoms with van der Waals surface area (Å²) in [5.74, 6) is -0.952. The smallest absolute Gasteiger partial charge is 0.337 e. The zero-order chi connectivity index (χ0) is 13.1. The van der Waals surface area contributed by atoms with Crippen LogP contribution in [0.15, 0.2) is 18.2 Å². The van der Waals surface area contributed by atoms with Crippen molar-refractivity contribution < 1.29 is 14.6 Å². The topological polar surface area (TPSA) is 49.8 Å². The van der Waals surface area contributed by atoms with Gasteiger partial charge in [-0.1, -0.05) is 18.5 Å². The van der Waals surface area contributed by atoms with Gasteiger partial charge >= 0.3 is 5.97 Å². The highest BCUT2D eigenvalue weighted by Crippen LogP contribution is 2.26. The molecule has 0 spiro atoms. The van der Waals surface area contributed by atoms with Crippen LogP contribution < -0.4 is 4.90 Å². The number of carbonyl (C=O) groups is 1. The zero-order valence-electron chi connectivity index (χ0n) is 10.2. The number of hydrogen-bond acceptors (Lipinski definition) is 3. The van der Waals surface area contributed by atoms with Gasteiger partial charge in [0.2, 0.25) is 0 Å². The minimum absolute atomic E-state index is 0.163. The molecule has 0 radical (unpaired) electrons. The molecule has 98 valence electrons. The Hall–Kier alpha value is -1.26. The van der Waals surface area contributed by atoms with Gasteiger partial charge in [0.15, 0.2) is 0 Å². The van der Waals surface area contributed by atoms with Crippen molar-refractivity contribution in [3.8, 4) is 0 Å². The number of nitrogens with zero attached hydrogens (tertiary/aromatic N) is 1. The third kappa shape index (κ3) is 2.76. The summed E-state index contributed by atoms with van der Waals surface area (Å²) in [4.78, 5) is 13.3. The van der Waals surface area contributed by atoms with Gasteiger partial charge in [-0.2, -0.15) is 0 Å². The molecule has 1 atom stereocenters. The van der Waals surface area contributed by atoms with Crippen molar-refractivity contribution in [3.63, 3.8) is 0 Å². The number of carboxylic acids is 1. The molecule has 2 rings (SSSR count). The predicted molar refractivity (Wildman–Crippen MR) is 70.7 cm³/mol. The van der Waals surface area contributed by atoms with Crippen molar-refractivity contribution in [2.75, 3.05) is 24.6 Å². The lowest BCUT2D eigenvalue weighted by atomic mass is 10.1. The summed E-state index contributed by atoms with van der Waals surface area (Å²) in [6.07, 6.45) is 1.09. The fraction of sp³-hybridized carbons (Fsp3) is 0.462. The van der Waals surface area contributed by atoms with E-state index in [1.807, 2.05) is 0 Å². The van der Waals surface area contributed by atoms with E-state index in [0.717, 1.165) is 13.0 Å². The van der Waals surface area contributed by atoms with Crippen LogP contribution in [-0.4, -0.2) is 36.9 Å². The highest BCUT2D eigenvalue weighted by Gasteiger charge is 2.23. The van der Waals surface area contributed by atoms with Crippen molar-refractivity contribution in [3.05, 3.63) is 28.8 Å². The van der Waals surface area contributed by atoms with E-state index < -0.39 is 5.97 Å². The SMILES string of the molecule is CCC1CN(c2ccc(Cl)cc2C(=O)O)CCO1. The molecular formula is C13H16ClNO3. The standard InChI is InChI=1S/C13H16ClNO3/c1-2-10-8-15(5-6-18-10)12-4-3-9(14)7-11(12)13(16)17/h3-4,7,10H,2,5-6,8H2,1H3,(H,16,17). The van der Waals surface area contributed by atoms with Crippen LogP contribution in [0.3, 0.4) is 0 Å². The molecule has 0 aliphatic carbocycles. The Morgan fingerprint density at radius 3 is 3.06 bits per heavy atom. The minimum Gasteiger partial charge on any atom is -0.478 e. The van der Waals surface area contributed by atoms with E-state index in [9.17, 15) is 9.90 Å². The predicted octanol–water partition coefficient (Wildman–Crippen LogP) is 2.65. The maximum atomic E-state index is 11.3. The Balaban J connectivity index is 2.29. The first-order valence-electron chi connectivity index (χ1n) is 6.01. The van der Waals surface area contributed by atoms with E-state index in [-0.39, 0.29) is 11.7 Å². The minimum atomic E-state index is -0.952. The van der Waals surface area contributed by atoms with E-state index in [2.05, 4.69) is 11.8 Å². The third-order valence-electron chi connectivity index (χ3n) is 3.12. The van der Waals surface area contributed by atoms with Crippen LogP contribution in [0.25, 0.3) is 0 Å². The Morgan fingerprint density at radius 1 is 1.61 bits per heavy atom. The number of anilines is 1. The lowest BCUT2D eigenvalue weighted by molar-refractivity contribution is 0.0382. The van der Waals surface area contributed by atoms with Gasteiger partial charge in [0.1, 0.15) is 0 Å². The monoisotopic (exact) mass is 269 g/mol. The van der Waals surface area contributed by atoms with Crippen molar-refractivity contribution in [2.45, 2.75) is 19.4 Å². The highest BCUT2D eigenvalue weighted by molar-refractivity contribution is 6.31. The second-order valence-electron chi connectivity index (χ2n) is 4.31.